The standard InChI is InChI=1S/C30H55NO5.2C2H6/c1-9-13-14-15-16-17-18-19-27(32)33-21-29(12-4)22-34-30(35-23-29)20-26(10-2)31(36-24(5)6)28(8,11-3)25(30)7;2*1-2/h25-26H,5,9-23H2,1-4,6-8H3;2*1-2H3/t25?,26?,28-,29?,30?;;/m0../s1. The molecule has 2 fully saturated rings. The Morgan fingerprint density at radius 1 is 0.925 bits per heavy atom. The second-order valence-corrected chi connectivity index (χ2v) is 11.6. The number of hydroxylamine groups is 2. The number of hydrogen-bond donors (Lipinski definition) is 0. The van der Waals surface area contributed by atoms with E-state index in [2.05, 4.69) is 53.2 Å². The molecule has 2 heterocycles. The molecular formula is C34H67NO5. The summed E-state index contributed by atoms with van der Waals surface area (Å²) in [6.45, 7) is 28.5. The van der Waals surface area contributed by atoms with Crippen LogP contribution in [0.5, 0.6) is 0 Å². The van der Waals surface area contributed by atoms with Crippen LogP contribution in [-0.4, -0.2) is 48.2 Å². The summed E-state index contributed by atoms with van der Waals surface area (Å²) in [5, 5.41) is 2.14. The quantitative estimate of drug-likeness (QED) is 0.111. The highest BCUT2D eigenvalue weighted by Crippen LogP contribution is 2.51. The maximum absolute atomic E-state index is 12.4. The van der Waals surface area contributed by atoms with Gasteiger partial charge < -0.3 is 19.0 Å². The lowest BCUT2D eigenvalue weighted by Crippen LogP contribution is -2.70. The number of ether oxygens (including phenoxy) is 3. The molecule has 2 saturated heterocycles. The lowest BCUT2D eigenvalue weighted by Gasteiger charge is -2.60. The Morgan fingerprint density at radius 3 is 1.95 bits per heavy atom. The molecule has 0 bridgehead atoms. The van der Waals surface area contributed by atoms with Crippen molar-refractivity contribution in [3.63, 3.8) is 0 Å². The lowest BCUT2D eigenvalue weighted by molar-refractivity contribution is -0.390. The zero-order valence-electron chi connectivity index (χ0n) is 28.5. The van der Waals surface area contributed by atoms with Crippen molar-refractivity contribution in [1.82, 2.24) is 5.06 Å². The molecule has 6 heteroatoms. The van der Waals surface area contributed by atoms with Crippen LogP contribution >= 0.6 is 0 Å². The van der Waals surface area contributed by atoms with E-state index in [-0.39, 0.29) is 28.9 Å². The van der Waals surface area contributed by atoms with Gasteiger partial charge in [0.15, 0.2) is 5.79 Å². The van der Waals surface area contributed by atoms with Crippen molar-refractivity contribution in [3.05, 3.63) is 12.3 Å². The number of esters is 1. The molecule has 0 saturated carbocycles. The van der Waals surface area contributed by atoms with Crippen molar-refractivity contribution in [2.75, 3.05) is 19.8 Å². The van der Waals surface area contributed by atoms with Crippen LogP contribution in [0.4, 0.5) is 0 Å². The molecule has 0 amide bonds. The molecule has 0 aliphatic carbocycles. The smallest absolute Gasteiger partial charge is 0.305 e. The average molecular weight is 570 g/mol. The molecular weight excluding hydrogens is 502 g/mol. The zero-order chi connectivity index (χ0) is 30.8. The molecule has 0 aromatic carbocycles. The first kappa shape index (κ1) is 38.9. The van der Waals surface area contributed by atoms with Gasteiger partial charge in [-0.1, -0.05) is 107 Å². The van der Waals surface area contributed by atoms with Gasteiger partial charge in [0.05, 0.1) is 30.2 Å². The Morgan fingerprint density at radius 2 is 1.48 bits per heavy atom. The van der Waals surface area contributed by atoms with Crippen LogP contribution in [0, 0.1) is 11.3 Å². The fourth-order valence-corrected chi connectivity index (χ4v) is 5.71. The van der Waals surface area contributed by atoms with E-state index >= 15 is 0 Å². The molecule has 0 aromatic rings. The van der Waals surface area contributed by atoms with E-state index in [9.17, 15) is 4.79 Å². The Bertz CT molecular complexity index is 688. The molecule has 2 aliphatic heterocycles. The second-order valence-electron chi connectivity index (χ2n) is 11.6. The Kier molecular flexibility index (Phi) is 19.4. The van der Waals surface area contributed by atoms with Crippen LogP contribution in [0.15, 0.2) is 12.3 Å². The van der Waals surface area contributed by atoms with Gasteiger partial charge in [0.25, 0.3) is 0 Å². The van der Waals surface area contributed by atoms with Gasteiger partial charge in [-0.05, 0) is 39.5 Å². The molecule has 40 heavy (non-hydrogen) atoms. The molecule has 0 radical (unpaired) electrons. The van der Waals surface area contributed by atoms with Gasteiger partial charge in [-0.25, -0.2) is 0 Å². The fraction of sp³-hybridized carbons (Fsp3) is 0.912. The van der Waals surface area contributed by atoms with Crippen LogP contribution in [0.25, 0.3) is 0 Å². The van der Waals surface area contributed by atoms with Crippen LogP contribution < -0.4 is 0 Å². The van der Waals surface area contributed by atoms with E-state index in [1.54, 1.807) is 0 Å². The first-order valence-corrected chi connectivity index (χ1v) is 16.7. The number of rotatable bonds is 15. The summed E-state index contributed by atoms with van der Waals surface area (Å²) in [4.78, 5) is 18.6. The number of unbranched alkanes of at least 4 members (excludes halogenated alkanes) is 6. The van der Waals surface area contributed by atoms with Gasteiger partial charge >= 0.3 is 5.97 Å². The van der Waals surface area contributed by atoms with Crippen molar-refractivity contribution in [2.45, 2.75) is 171 Å². The first-order valence-electron chi connectivity index (χ1n) is 16.7. The molecule has 2 rings (SSSR count). The van der Waals surface area contributed by atoms with Crippen molar-refractivity contribution in [1.29, 1.82) is 0 Å². The molecule has 238 valence electrons. The van der Waals surface area contributed by atoms with Gasteiger partial charge in [0.2, 0.25) is 0 Å². The van der Waals surface area contributed by atoms with Crippen molar-refractivity contribution >= 4 is 5.97 Å². The third-order valence-corrected chi connectivity index (χ3v) is 8.91. The molecule has 1 spiro atoms. The van der Waals surface area contributed by atoms with Gasteiger partial charge in [0.1, 0.15) is 12.4 Å². The monoisotopic (exact) mass is 570 g/mol. The van der Waals surface area contributed by atoms with Crippen LogP contribution in [0.2, 0.25) is 0 Å². The molecule has 3 atom stereocenters. The SMILES string of the molecule is C=C(C)ON1C(CC)CC2(OCC(CC)(COC(=O)CCCCCCCCC)CO2)C(C)[C@]1(C)CC.CC.CC. The minimum atomic E-state index is -0.666. The third-order valence-electron chi connectivity index (χ3n) is 8.91. The van der Waals surface area contributed by atoms with E-state index in [0.717, 1.165) is 38.5 Å². The summed E-state index contributed by atoms with van der Waals surface area (Å²) in [6, 6.07) is 0.164. The molecule has 2 aliphatic rings. The predicted molar refractivity (Wildman–Crippen MR) is 168 cm³/mol. The highest BCUT2D eigenvalue weighted by molar-refractivity contribution is 5.69. The average Bonchev–Trinajstić information content (AvgIpc) is 2.98. The summed E-state index contributed by atoms with van der Waals surface area (Å²) in [5.74, 6) is 0.0257. The molecule has 0 aromatic heterocycles. The topological polar surface area (TPSA) is 57.2 Å². The van der Waals surface area contributed by atoms with Gasteiger partial charge in [-0.15, -0.1) is 5.06 Å². The highest BCUT2D eigenvalue weighted by Gasteiger charge is 2.60. The van der Waals surface area contributed by atoms with E-state index < -0.39 is 5.79 Å². The summed E-state index contributed by atoms with van der Waals surface area (Å²) in [5.41, 5.74) is -0.552. The summed E-state index contributed by atoms with van der Waals surface area (Å²) < 4.78 is 19.1. The minimum Gasteiger partial charge on any atom is -0.465 e. The Balaban J connectivity index is 0.00000363. The first-order chi connectivity index (χ1) is 19.1. The van der Waals surface area contributed by atoms with Gasteiger partial charge in [-0.3, -0.25) is 4.79 Å². The maximum Gasteiger partial charge on any atom is 0.305 e. The van der Waals surface area contributed by atoms with Gasteiger partial charge in [0, 0.05) is 18.8 Å². The largest absolute Gasteiger partial charge is 0.465 e. The minimum absolute atomic E-state index is 0.0897. The number of carbonyl (C=O) groups excluding carboxylic acids is 1. The van der Waals surface area contributed by atoms with Crippen LogP contribution in [-0.2, 0) is 23.8 Å². The van der Waals surface area contributed by atoms with Crippen LogP contribution in [0.3, 0.4) is 0 Å². The lowest BCUT2D eigenvalue weighted by atomic mass is 9.70. The molecule has 0 N–H and O–H groups in total. The number of allylic oxidation sites excluding steroid dienone is 1. The summed E-state index contributed by atoms with van der Waals surface area (Å²) in [7, 11) is 0. The van der Waals surface area contributed by atoms with Crippen molar-refractivity contribution in [3.8, 4) is 0 Å². The van der Waals surface area contributed by atoms with Crippen molar-refractivity contribution in [2.24, 2.45) is 11.3 Å². The maximum atomic E-state index is 12.4. The number of piperidine rings is 1. The second kappa shape index (κ2) is 19.9. The summed E-state index contributed by atoms with van der Waals surface area (Å²) >= 11 is 0. The van der Waals surface area contributed by atoms with Crippen molar-refractivity contribution < 1.29 is 23.8 Å². The number of nitrogens with zero attached hydrogens (tertiary/aromatic N) is 1. The number of hydrogen-bond acceptors (Lipinski definition) is 6. The molecule has 6 nitrogen and oxygen atoms in total. The third kappa shape index (κ3) is 10.6. The highest BCUT2D eigenvalue weighted by atomic mass is 16.7. The fourth-order valence-electron chi connectivity index (χ4n) is 5.71. The Hall–Kier alpha value is -1.11. The van der Waals surface area contributed by atoms with E-state index in [0.29, 0.717) is 32.0 Å². The van der Waals surface area contributed by atoms with E-state index in [1.807, 2.05) is 34.6 Å². The number of carbonyl (C=O) groups is 1. The zero-order valence-corrected chi connectivity index (χ0v) is 28.5. The Labute approximate surface area is 248 Å². The predicted octanol–water partition coefficient (Wildman–Crippen LogP) is 9.62. The van der Waals surface area contributed by atoms with Crippen LogP contribution in [0.1, 0.15) is 153 Å². The van der Waals surface area contributed by atoms with E-state index in [4.69, 9.17) is 19.0 Å². The van der Waals surface area contributed by atoms with Gasteiger partial charge in [-0.2, -0.15) is 0 Å². The van der Waals surface area contributed by atoms with E-state index in [1.165, 1.54) is 32.1 Å². The molecule has 2 unspecified atom stereocenters. The summed E-state index contributed by atoms with van der Waals surface area (Å²) in [6.07, 6.45) is 12.3. The normalized spacial score (nSPS) is 30.0.